The van der Waals surface area contributed by atoms with E-state index in [1.54, 1.807) is 40.1 Å². The number of carbonyl (C=O) groups excluding carboxylic acids is 2. The van der Waals surface area contributed by atoms with Gasteiger partial charge < -0.3 is 16.0 Å². The lowest BCUT2D eigenvalue weighted by Gasteiger charge is -2.39. The van der Waals surface area contributed by atoms with Crippen LogP contribution in [0.25, 0.3) is 5.65 Å². The second kappa shape index (κ2) is 5.93. The van der Waals surface area contributed by atoms with Crippen LogP contribution in [-0.4, -0.2) is 55.9 Å². The van der Waals surface area contributed by atoms with Gasteiger partial charge in [-0.05, 0) is 12.1 Å². The van der Waals surface area contributed by atoms with E-state index in [0.717, 1.165) is 0 Å². The lowest BCUT2D eigenvalue weighted by Crippen LogP contribution is -2.53. The zero-order chi connectivity index (χ0) is 17.4. The number of nitrogen functional groups attached to an aromatic ring is 1. The molecule has 3 aromatic heterocycles. The number of nitrogens with two attached hydrogens (primary N) is 1. The number of likely N-dealkylation sites (tertiary alicyclic amines) is 1. The van der Waals surface area contributed by atoms with Gasteiger partial charge in [0.05, 0.1) is 0 Å². The van der Waals surface area contributed by atoms with Crippen LogP contribution in [0.1, 0.15) is 20.8 Å². The van der Waals surface area contributed by atoms with Crippen molar-refractivity contribution in [2.24, 2.45) is 5.92 Å². The minimum absolute atomic E-state index is 0.139. The molecule has 1 saturated heterocycles. The van der Waals surface area contributed by atoms with Crippen molar-refractivity contribution in [3.8, 4) is 0 Å². The molecule has 25 heavy (non-hydrogen) atoms. The van der Waals surface area contributed by atoms with E-state index in [1.165, 1.54) is 6.20 Å². The second-order valence-corrected chi connectivity index (χ2v) is 6.07. The Morgan fingerprint density at radius 2 is 2.16 bits per heavy atom. The first-order valence-electron chi connectivity index (χ1n) is 7.91. The Balaban J connectivity index is 1.29. The number of nitrogens with zero attached hydrogens (tertiary/aromatic N) is 4. The van der Waals surface area contributed by atoms with Gasteiger partial charge in [0, 0.05) is 56.0 Å². The van der Waals surface area contributed by atoms with Gasteiger partial charge in [-0.1, -0.05) is 0 Å². The van der Waals surface area contributed by atoms with E-state index in [2.05, 4.69) is 20.4 Å². The Morgan fingerprint density at radius 1 is 1.32 bits per heavy atom. The van der Waals surface area contributed by atoms with Gasteiger partial charge in [0.25, 0.3) is 11.8 Å². The van der Waals surface area contributed by atoms with E-state index in [-0.39, 0.29) is 17.7 Å². The average Bonchev–Trinajstić information content (AvgIpc) is 3.16. The highest BCUT2D eigenvalue weighted by molar-refractivity contribution is 5.99. The Labute approximate surface area is 142 Å². The highest BCUT2D eigenvalue weighted by Gasteiger charge is 2.32. The molecule has 1 fully saturated rings. The van der Waals surface area contributed by atoms with Crippen LogP contribution in [0.15, 0.2) is 36.9 Å². The molecule has 3 aromatic rings. The number of aromatic amines is 1. The van der Waals surface area contributed by atoms with Crippen molar-refractivity contribution < 1.29 is 9.59 Å². The van der Waals surface area contributed by atoms with Gasteiger partial charge in [-0.25, -0.2) is 9.50 Å². The van der Waals surface area contributed by atoms with Crippen LogP contribution in [0.2, 0.25) is 0 Å². The van der Waals surface area contributed by atoms with Crippen LogP contribution in [-0.2, 0) is 0 Å². The Hall–Kier alpha value is -3.36. The lowest BCUT2D eigenvalue weighted by atomic mass is 9.99. The van der Waals surface area contributed by atoms with Gasteiger partial charge in [0.2, 0.25) is 0 Å². The molecule has 4 heterocycles. The maximum atomic E-state index is 12.3. The smallest absolute Gasteiger partial charge is 0.272 e. The van der Waals surface area contributed by atoms with Crippen molar-refractivity contribution in [1.29, 1.82) is 0 Å². The molecule has 1 aliphatic rings. The van der Waals surface area contributed by atoms with E-state index in [0.29, 0.717) is 42.2 Å². The van der Waals surface area contributed by atoms with Gasteiger partial charge in [-0.15, -0.1) is 0 Å². The van der Waals surface area contributed by atoms with Crippen LogP contribution in [0.4, 0.5) is 5.69 Å². The fourth-order valence-electron chi connectivity index (χ4n) is 2.90. The quantitative estimate of drug-likeness (QED) is 0.624. The first-order chi connectivity index (χ1) is 12.1. The summed E-state index contributed by atoms with van der Waals surface area (Å²) in [6, 6.07) is 3.21. The van der Waals surface area contributed by atoms with Crippen LogP contribution in [0.5, 0.6) is 0 Å². The van der Waals surface area contributed by atoms with Crippen LogP contribution >= 0.6 is 0 Å². The first kappa shape index (κ1) is 15.2. The summed E-state index contributed by atoms with van der Waals surface area (Å²) >= 11 is 0. The average molecular weight is 339 g/mol. The van der Waals surface area contributed by atoms with E-state index in [9.17, 15) is 9.59 Å². The zero-order valence-corrected chi connectivity index (χ0v) is 13.3. The number of rotatable bonds is 4. The molecule has 4 N–H and O–H groups in total. The third-order valence-electron chi connectivity index (χ3n) is 4.27. The number of fused-ring (bicyclic) bond motifs is 1. The number of hydrogen-bond acceptors (Lipinski definition) is 5. The number of aromatic nitrogens is 4. The van der Waals surface area contributed by atoms with Crippen molar-refractivity contribution in [2.75, 3.05) is 25.4 Å². The lowest BCUT2D eigenvalue weighted by molar-refractivity contribution is 0.0492. The minimum Gasteiger partial charge on any atom is -0.399 e. The number of nitrogens with one attached hydrogen (secondary N) is 2. The summed E-state index contributed by atoms with van der Waals surface area (Å²) in [6.07, 6.45) is 6.52. The molecule has 0 bridgehead atoms. The van der Waals surface area contributed by atoms with Crippen molar-refractivity contribution in [1.82, 2.24) is 29.8 Å². The molecule has 1 aliphatic heterocycles. The summed E-state index contributed by atoms with van der Waals surface area (Å²) in [5.41, 5.74) is 7.63. The number of hydrogen-bond donors (Lipinski definition) is 3. The third kappa shape index (κ3) is 2.80. The number of pyridine rings is 1. The molecule has 0 atom stereocenters. The highest BCUT2D eigenvalue weighted by Crippen LogP contribution is 2.18. The minimum atomic E-state index is -0.181. The number of imidazole rings is 1. The molecule has 4 rings (SSSR count). The molecule has 128 valence electrons. The fraction of sp³-hybridized carbons (Fsp3) is 0.250. The standard InChI is InChI=1S/C16H17N7O2/c17-11-1-2-18-13(5-11)16(25)22-8-10(9-22)6-20-15(24)12-7-21-23-4-3-19-14(12)23/h1-5,7,10,21H,6,8-9H2,(H2,17,18)(H,20,24). The molecule has 0 unspecified atom stereocenters. The Kier molecular flexibility index (Phi) is 3.60. The molecule has 0 aliphatic carbocycles. The number of H-pyrrole nitrogens is 1. The Morgan fingerprint density at radius 3 is 2.96 bits per heavy atom. The predicted octanol–water partition coefficient (Wildman–Crippen LogP) is 0.142. The first-order valence-corrected chi connectivity index (χ1v) is 7.91. The maximum Gasteiger partial charge on any atom is 0.272 e. The third-order valence-corrected chi connectivity index (χ3v) is 4.27. The summed E-state index contributed by atoms with van der Waals surface area (Å²) in [7, 11) is 0. The summed E-state index contributed by atoms with van der Waals surface area (Å²) in [5, 5.41) is 5.82. The highest BCUT2D eigenvalue weighted by atomic mass is 16.2. The summed E-state index contributed by atoms with van der Waals surface area (Å²) in [4.78, 5) is 34.4. The van der Waals surface area contributed by atoms with E-state index in [4.69, 9.17) is 5.73 Å². The van der Waals surface area contributed by atoms with E-state index in [1.807, 2.05) is 0 Å². The van der Waals surface area contributed by atoms with Crippen LogP contribution in [0.3, 0.4) is 0 Å². The van der Waals surface area contributed by atoms with Gasteiger partial charge >= 0.3 is 0 Å². The molecule has 0 radical (unpaired) electrons. The van der Waals surface area contributed by atoms with Gasteiger partial charge in [0.1, 0.15) is 11.3 Å². The number of anilines is 1. The SMILES string of the molecule is Nc1ccnc(C(=O)N2CC(CNC(=O)c3c[nH]n4ccnc34)C2)c1. The summed E-state index contributed by atoms with van der Waals surface area (Å²) < 4.78 is 1.68. The molecule has 0 aromatic carbocycles. The van der Waals surface area contributed by atoms with Gasteiger partial charge in [0.15, 0.2) is 5.65 Å². The second-order valence-electron chi connectivity index (χ2n) is 6.07. The predicted molar refractivity (Wildman–Crippen MR) is 89.9 cm³/mol. The zero-order valence-electron chi connectivity index (χ0n) is 13.3. The van der Waals surface area contributed by atoms with Crippen LogP contribution in [0, 0.1) is 5.92 Å². The molecular formula is C16H17N7O2. The van der Waals surface area contributed by atoms with Gasteiger partial charge in [-0.3, -0.25) is 19.7 Å². The van der Waals surface area contributed by atoms with Gasteiger partial charge in [-0.2, -0.15) is 0 Å². The normalized spacial score (nSPS) is 14.5. The van der Waals surface area contributed by atoms with E-state index >= 15 is 0 Å². The Bertz CT molecular complexity index is 939. The molecule has 0 spiro atoms. The molecular weight excluding hydrogens is 322 g/mol. The van der Waals surface area contributed by atoms with Crippen molar-refractivity contribution >= 4 is 23.1 Å². The monoisotopic (exact) mass is 339 g/mol. The number of carbonyl (C=O) groups is 2. The van der Waals surface area contributed by atoms with E-state index < -0.39 is 0 Å². The van der Waals surface area contributed by atoms with Crippen molar-refractivity contribution in [3.63, 3.8) is 0 Å². The maximum absolute atomic E-state index is 12.3. The molecule has 9 nitrogen and oxygen atoms in total. The topological polar surface area (TPSA) is 121 Å². The molecule has 9 heteroatoms. The largest absolute Gasteiger partial charge is 0.399 e. The fourth-order valence-corrected chi connectivity index (χ4v) is 2.90. The van der Waals surface area contributed by atoms with Crippen molar-refractivity contribution in [2.45, 2.75) is 0 Å². The van der Waals surface area contributed by atoms with Crippen molar-refractivity contribution in [3.05, 3.63) is 48.2 Å². The summed E-state index contributed by atoms with van der Waals surface area (Å²) in [6.45, 7) is 1.67. The summed E-state index contributed by atoms with van der Waals surface area (Å²) in [5.74, 6) is -0.0944. The van der Waals surface area contributed by atoms with Crippen LogP contribution < -0.4 is 11.1 Å². The molecule has 0 saturated carbocycles. The molecule has 2 amide bonds. The number of amides is 2.